The van der Waals surface area contributed by atoms with Crippen LogP contribution >= 0.6 is 0 Å². The molecule has 2 rings (SSSR count). The summed E-state index contributed by atoms with van der Waals surface area (Å²) in [5.74, 6) is 0.499. The Morgan fingerprint density at radius 2 is 2.06 bits per heavy atom. The predicted molar refractivity (Wildman–Crippen MR) is 73.0 cm³/mol. The zero-order valence-electron chi connectivity index (χ0n) is 11.4. The van der Waals surface area contributed by atoms with Gasteiger partial charge in [-0.2, -0.15) is 0 Å². The fourth-order valence-corrected chi connectivity index (χ4v) is 3.96. The van der Waals surface area contributed by atoms with Crippen molar-refractivity contribution in [3.05, 3.63) is 0 Å². The average Bonchev–Trinajstić information content (AvgIpc) is 2.28. The van der Waals surface area contributed by atoms with Crippen molar-refractivity contribution in [3.63, 3.8) is 0 Å². The van der Waals surface area contributed by atoms with Crippen LogP contribution in [0, 0.1) is 5.92 Å². The first-order chi connectivity index (χ1) is 8.45. The highest BCUT2D eigenvalue weighted by Crippen LogP contribution is 2.20. The van der Waals surface area contributed by atoms with E-state index in [9.17, 15) is 8.42 Å². The fraction of sp³-hybridized carbons (Fsp3) is 1.00. The van der Waals surface area contributed by atoms with Gasteiger partial charge in [-0.15, -0.1) is 0 Å². The molecule has 0 radical (unpaired) electrons. The van der Waals surface area contributed by atoms with E-state index in [0.717, 1.165) is 39.0 Å². The molecule has 2 aliphatic heterocycles. The fourth-order valence-electron chi connectivity index (χ4n) is 3.02. The maximum absolute atomic E-state index is 11.6. The van der Waals surface area contributed by atoms with Crippen LogP contribution in [0.4, 0.5) is 0 Å². The van der Waals surface area contributed by atoms with Gasteiger partial charge in [-0.3, -0.25) is 0 Å². The molecule has 0 amide bonds. The Labute approximate surface area is 111 Å². The van der Waals surface area contributed by atoms with E-state index < -0.39 is 10.0 Å². The second-order valence-corrected chi connectivity index (χ2v) is 7.73. The van der Waals surface area contributed by atoms with E-state index in [1.165, 1.54) is 6.26 Å². The van der Waals surface area contributed by atoms with Gasteiger partial charge < -0.3 is 10.2 Å². The zero-order chi connectivity index (χ0) is 13.2. The third kappa shape index (κ3) is 3.91. The topological polar surface area (TPSA) is 52.7 Å². The Balaban J connectivity index is 1.86. The van der Waals surface area contributed by atoms with Crippen LogP contribution in [0.25, 0.3) is 0 Å². The van der Waals surface area contributed by atoms with Crippen molar-refractivity contribution >= 4 is 10.0 Å². The summed E-state index contributed by atoms with van der Waals surface area (Å²) in [4.78, 5) is 2.47. The van der Waals surface area contributed by atoms with Crippen LogP contribution in [0.5, 0.6) is 0 Å². The molecule has 106 valence electrons. The van der Waals surface area contributed by atoms with Crippen LogP contribution in [-0.2, 0) is 10.0 Å². The lowest BCUT2D eigenvalue weighted by Crippen LogP contribution is -2.52. The molecule has 2 unspecified atom stereocenters. The molecule has 6 heteroatoms. The quantitative estimate of drug-likeness (QED) is 0.785. The van der Waals surface area contributed by atoms with Gasteiger partial charge >= 0.3 is 0 Å². The van der Waals surface area contributed by atoms with Crippen molar-refractivity contribution in [2.45, 2.75) is 25.8 Å². The number of piperidine rings is 1. The smallest absolute Gasteiger partial charge is 0.211 e. The number of sulfonamides is 1. The Bertz CT molecular complexity index is 372. The molecule has 2 aliphatic rings. The molecule has 2 atom stereocenters. The van der Waals surface area contributed by atoms with Crippen molar-refractivity contribution in [3.8, 4) is 0 Å². The second kappa shape index (κ2) is 5.86. The molecule has 0 aliphatic carbocycles. The number of hydrogen-bond donors (Lipinski definition) is 1. The average molecular weight is 275 g/mol. The second-order valence-electron chi connectivity index (χ2n) is 5.74. The lowest BCUT2D eigenvalue weighted by atomic mass is 9.98. The summed E-state index contributed by atoms with van der Waals surface area (Å²) in [6, 6.07) is 0.549. The highest BCUT2D eigenvalue weighted by atomic mass is 32.2. The molecule has 2 heterocycles. The molecule has 5 nitrogen and oxygen atoms in total. The van der Waals surface area contributed by atoms with Crippen molar-refractivity contribution in [2.75, 3.05) is 45.5 Å². The van der Waals surface area contributed by atoms with E-state index in [2.05, 4.69) is 17.1 Å². The molecule has 0 aromatic rings. The van der Waals surface area contributed by atoms with Crippen molar-refractivity contribution in [1.82, 2.24) is 14.5 Å². The summed E-state index contributed by atoms with van der Waals surface area (Å²) in [7, 11) is -3.01. The Kier molecular flexibility index (Phi) is 4.64. The summed E-state index contributed by atoms with van der Waals surface area (Å²) < 4.78 is 24.8. The molecule has 1 N–H and O–H groups in total. The van der Waals surface area contributed by atoms with Gasteiger partial charge in [0.1, 0.15) is 0 Å². The van der Waals surface area contributed by atoms with Crippen LogP contribution in [0.2, 0.25) is 0 Å². The molecule has 0 bridgehead atoms. The van der Waals surface area contributed by atoms with Crippen LogP contribution in [0.15, 0.2) is 0 Å². The number of piperazine rings is 1. The predicted octanol–water partition coefficient (Wildman–Crippen LogP) is -0.0483. The van der Waals surface area contributed by atoms with Gasteiger partial charge in [0.2, 0.25) is 10.0 Å². The largest absolute Gasteiger partial charge is 0.312 e. The zero-order valence-corrected chi connectivity index (χ0v) is 12.2. The standard InChI is InChI=1S/C12H25N3O2S/c1-11-8-14(7-5-13-11)9-12-4-3-6-15(10-12)18(2,16)17/h11-13H,3-10H2,1-2H3. The number of nitrogens with one attached hydrogen (secondary N) is 1. The highest BCUT2D eigenvalue weighted by molar-refractivity contribution is 7.88. The maximum Gasteiger partial charge on any atom is 0.211 e. The number of hydrogen-bond acceptors (Lipinski definition) is 4. The van der Waals surface area contributed by atoms with E-state index in [4.69, 9.17) is 0 Å². The number of nitrogens with zero attached hydrogens (tertiary/aromatic N) is 2. The minimum Gasteiger partial charge on any atom is -0.312 e. The molecular weight excluding hydrogens is 250 g/mol. The normalized spacial score (nSPS) is 32.6. The van der Waals surface area contributed by atoms with Crippen LogP contribution < -0.4 is 5.32 Å². The molecular formula is C12H25N3O2S. The Morgan fingerprint density at radius 3 is 2.72 bits per heavy atom. The lowest BCUT2D eigenvalue weighted by Gasteiger charge is -2.37. The Morgan fingerprint density at radius 1 is 1.28 bits per heavy atom. The summed E-state index contributed by atoms with van der Waals surface area (Å²) >= 11 is 0. The van der Waals surface area contributed by atoms with Crippen LogP contribution in [-0.4, -0.2) is 69.2 Å². The van der Waals surface area contributed by atoms with Gasteiger partial charge in [0, 0.05) is 45.3 Å². The summed E-state index contributed by atoms with van der Waals surface area (Å²) in [5.41, 5.74) is 0. The minimum absolute atomic E-state index is 0.499. The van der Waals surface area contributed by atoms with Crippen LogP contribution in [0.1, 0.15) is 19.8 Å². The van der Waals surface area contributed by atoms with E-state index in [1.807, 2.05) is 0 Å². The third-order valence-electron chi connectivity index (χ3n) is 3.92. The van der Waals surface area contributed by atoms with E-state index in [-0.39, 0.29) is 0 Å². The maximum atomic E-state index is 11.6. The molecule has 0 aromatic carbocycles. The van der Waals surface area contributed by atoms with Crippen molar-refractivity contribution in [1.29, 1.82) is 0 Å². The van der Waals surface area contributed by atoms with Crippen LogP contribution in [0.3, 0.4) is 0 Å². The highest BCUT2D eigenvalue weighted by Gasteiger charge is 2.28. The lowest BCUT2D eigenvalue weighted by molar-refractivity contribution is 0.148. The Hall–Kier alpha value is -0.170. The van der Waals surface area contributed by atoms with Crippen molar-refractivity contribution in [2.24, 2.45) is 5.92 Å². The van der Waals surface area contributed by atoms with Crippen molar-refractivity contribution < 1.29 is 8.42 Å². The van der Waals surface area contributed by atoms with E-state index in [0.29, 0.717) is 25.0 Å². The first-order valence-corrected chi connectivity index (χ1v) is 8.71. The first-order valence-electron chi connectivity index (χ1n) is 6.86. The molecule has 18 heavy (non-hydrogen) atoms. The monoisotopic (exact) mass is 275 g/mol. The van der Waals surface area contributed by atoms with E-state index in [1.54, 1.807) is 4.31 Å². The van der Waals surface area contributed by atoms with E-state index >= 15 is 0 Å². The molecule has 0 aromatic heterocycles. The number of rotatable bonds is 3. The summed E-state index contributed by atoms with van der Waals surface area (Å²) in [5, 5.41) is 3.43. The summed E-state index contributed by atoms with van der Waals surface area (Å²) in [6.45, 7) is 7.86. The molecule has 2 saturated heterocycles. The summed E-state index contributed by atoms with van der Waals surface area (Å²) in [6.07, 6.45) is 3.48. The van der Waals surface area contributed by atoms with Gasteiger partial charge in [0.05, 0.1) is 6.26 Å². The molecule has 0 saturated carbocycles. The first kappa shape index (κ1) is 14.2. The SMILES string of the molecule is CC1CN(CC2CCCN(S(C)(=O)=O)C2)CCN1. The molecule has 0 spiro atoms. The van der Waals surface area contributed by atoms with Gasteiger partial charge in [0.25, 0.3) is 0 Å². The van der Waals surface area contributed by atoms with Gasteiger partial charge in [-0.1, -0.05) is 0 Å². The molecule has 2 fully saturated rings. The minimum atomic E-state index is -3.01. The third-order valence-corrected chi connectivity index (χ3v) is 5.19. The van der Waals surface area contributed by atoms with Gasteiger partial charge in [-0.25, -0.2) is 12.7 Å². The van der Waals surface area contributed by atoms with Gasteiger partial charge in [0.15, 0.2) is 0 Å². The van der Waals surface area contributed by atoms with Gasteiger partial charge in [-0.05, 0) is 25.7 Å².